The Labute approximate surface area is 332 Å². The van der Waals surface area contributed by atoms with Crippen LogP contribution in [0.25, 0.3) is 94.5 Å². The molecule has 0 atom stereocenters. The van der Waals surface area contributed by atoms with Gasteiger partial charge in [-0.2, -0.15) is 0 Å². The van der Waals surface area contributed by atoms with E-state index in [4.69, 9.17) is 9.97 Å². The second-order valence-electron chi connectivity index (χ2n) is 14.4. The van der Waals surface area contributed by atoms with Gasteiger partial charge < -0.3 is 0 Å². The molecule has 0 bridgehead atoms. The zero-order valence-corrected chi connectivity index (χ0v) is 32.0. The molecular formula is C53H40N4. The lowest BCUT2D eigenvalue weighted by Gasteiger charge is -2.11. The van der Waals surface area contributed by atoms with Crippen molar-refractivity contribution in [3.63, 3.8) is 0 Å². The second kappa shape index (κ2) is 14.4. The highest BCUT2D eigenvalue weighted by molar-refractivity contribution is 6.28. The summed E-state index contributed by atoms with van der Waals surface area (Å²) in [6, 6.07) is 62.6. The molecule has 6 aromatic carbocycles. The van der Waals surface area contributed by atoms with E-state index >= 15 is 0 Å². The molecule has 0 aliphatic heterocycles. The normalized spacial score (nSPS) is 12.1. The first-order chi connectivity index (χ1) is 28.2. The molecule has 0 spiro atoms. The van der Waals surface area contributed by atoms with Gasteiger partial charge in [0.05, 0.1) is 33.5 Å². The Kier molecular flexibility index (Phi) is 8.65. The van der Waals surface area contributed by atoms with E-state index in [0.29, 0.717) is 0 Å². The molecule has 4 heterocycles. The third-order valence-corrected chi connectivity index (χ3v) is 11.1. The first kappa shape index (κ1) is 34.2. The number of benzene rings is 6. The number of allylic oxidation sites excluding steroid dienone is 4. The third kappa shape index (κ3) is 5.94. The summed E-state index contributed by atoms with van der Waals surface area (Å²) < 4.78 is 4.65. The average Bonchev–Trinajstić information content (AvgIpc) is 3.80. The monoisotopic (exact) mass is 732 g/mol. The summed E-state index contributed by atoms with van der Waals surface area (Å²) in [5.41, 5.74) is 13.4. The summed E-state index contributed by atoms with van der Waals surface area (Å²) in [6.07, 6.45) is 7.35. The fraction of sp³-hybridized carbons (Fsp3) is 0.0566. The zero-order chi connectivity index (χ0) is 38.3. The molecular weight excluding hydrogens is 693 g/mol. The molecule has 0 amide bonds. The molecule has 0 fully saturated rings. The molecule has 4 aromatic heterocycles. The van der Waals surface area contributed by atoms with Crippen molar-refractivity contribution in [2.75, 3.05) is 0 Å². The zero-order valence-electron chi connectivity index (χ0n) is 32.0. The summed E-state index contributed by atoms with van der Waals surface area (Å²) in [6.45, 7) is 4.26. The highest BCUT2D eigenvalue weighted by atomic mass is 15.1. The lowest BCUT2D eigenvalue weighted by molar-refractivity contribution is 1.08. The number of pyridine rings is 2. The molecule has 10 aromatic rings. The number of rotatable bonds is 8. The van der Waals surface area contributed by atoms with E-state index in [-0.39, 0.29) is 0 Å². The highest BCUT2D eigenvalue weighted by Gasteiger charge is 2.21. The fourth-order valence-corrected chi connectivity index (χ4v) is 8.43. The average molecular weight is 733 g/mol. The third-order valence-electron chi connectivity index (χ3n) is 11.1. The number of hydrogen-bond donors (Lipinski definition) is 0. The molecule has 0 saturated heterocycles. The Morgan fingerprint density at radius 2 is 0.982 bits per heavy atom. The van der Waals surface area contributed by atoms with E-state index in [1.807, 2.05) is 0 Å². The predicted octanol–water partition coefficient (Wildman–Crippen LogP) is 14.0. The van der Waals surface area contributed by atoms with Crippen molar-refractivity contribution < 1.29 is 0 Å². The van der Waals surface area contributed by atoms with Gasteiger partial charge in [0.25, 0.3) is 0 Å². The van der Waals surface area contributed by atoms with Crippen LogP contribution in [0.3, 0.4) is 0 Å². The van der Waals surface area contributed by atoms with Gasteiger partial charge in [0, 0.05) is 32.7 Å². The van der Waals surface area contributed by atoms with E-state index < -0.39 is 0 Å². The van der Waals surface area contributed by atoms with Gasteiger partial charge in [-0.15, -0.1) is 0 Å². The maximum Gasteiger partial charge on any atom is 0.138 e. The van der Waals surface area contributed by atoms with Crippen LogP contribution in [0.5, 0.6) is 0 Å². The van der Waals surface area contributed by atoms with Crippen molar-refractivity contribution in [1.82, 2.24) is 19.1 Å². The lowest BCUT2D eigenvalue weighted by Crippen LogP contribution is -1.99. The van der Waals surface area contributed by atoms with E-state index in [1.165, 1.54) is 43.8 Å². The molecule has 0 radical (unpaired) electrons. The Hall–Kier alpha value is -7.30. The van der Waals surface area contributed by atoms with Crippen LogP contribution in [0.2, 0.25) is 0 Å². The minimum atomic E-state index is 0.885. The number of aromatic nitrogens is 4. The van der Waals surface area contributed by atoms with Crippen molar-refractivity contribution >= 4 is 49.2 Å². The van der Waals surface area contributed by atoms with Gasteiger partial charge >= 0.3 is 0 Å². The topological polar surface area (TPSA) is 35.6 Å². The van der Waals surface area contributed by atoms with Gasteiger partial charge in [-0.3, -0.25) is 9.13 Å². The number of hydrogen-bond acceptors (Lipinski definition) is 2. The molecule has 0 unspecified atom stereocenters. The van der Waals surface area contributed by atoms with Gasteiger partial charge in [0.1, 0.15) is 11.6 Å². The Morgan fingerprint density at radius 1 is 0.474 bits per heavy atom. The lowest BCUT2D eigenvalue weighted by atomic mass is 9.99. The predicted molar refractivity (Wildman–Crippen MR) is 240 cm³/mol. The fourth-order valence-electron chi connectivity index (χ4n) is 8.43. The van der Waals surface area contributed by atoms with Crippen molar-refractivity contribution in [3.8, 4) is 45.3 Å². The number of para-hydroxylation sites is 2. The SMILES string of the molecule is C/C=C\C=C(/CC)c1cccc(-c2cccc(-n3c4ccccc4c4c5c6ccccc6n(-c6cccc(-c7cccc(-c8ccccc8)c7)n6)c5ccc43)n2)c1. The highest BCUT2D eigenvalue weighted by Crippen LogP contribution is 2.42. The van der Waals surface area contributed by atoms with Crippen LogP contribution in [0.1, 0.15) is 25.8 Å². The quantitative estimate of drug-likeness (QED) is 0.146. The Balaban J connectivity index is 1.15. The first-order valence-electron chi connectivity index (χ1n) is 19.7. The molecule has 10 rings (SSSR count). The van der Waals surface area contributed by atoms with Crippen LogP contribution in [-0.2, 0) is 0 Å². The number of nitrogens with zero attached hydrogens (tertiary/aromatic N) is 4. The molecule has 0 saturated carbocycles. The van der Waals surface area contributed by atoms with Gasteiger partial charge in [0.2, 0.25) is 0 Å². The summed E-state index contributed by atoms with van der Waals surface area (Å²) in [5, 5.41) is 4.80. The molecule has 272 valence electrons. The van der Waals surface area contributed by atoms with Gasteiger partial charge in [0.15, 0.2) is 0 Å². The van der Waals surface area contributed by atoms with Crippen LogP contribution in [0.15, 0.2) is 194 Å². The van der Waals surface area contributed by atoms with Crippen molar-refractivity contribution in [2.45, 2.75) is 20.3 Å². The maximum atomic E-state index is 5.35. The minimum absolute atomic E-state index is 0.885. The summed E-state index contributed by atoms with van der Waals surface area (Å²) in [7, 11) is 0. The van der Waals surface area contributed by atoms with E-state index in [2.05, 4.69) is 217 Å². The van der Waals surface area contributed by atoms with Crippen LogP contribution in [0, 0.1) is 0 Å². The maximum absolute atomic E-state index is 5.35. The van der Waals surface area contributed by atoms with Crippen molar-refractivity contribution in [3.05, 3.63) is 200 Å². The standard InChI is InChI=1S/C53H40N4/c1-3-5-17-36(4-2)38-20-13-22-40(34-38)44-26-15-30-50(54-44)56-46-28-11-9-24-42(46)52-48(56)32-33-49-53(52)43-25-10-12-29-47(43)57(49)51-31-16-27-45(55-51)41-23-14-21-39(35-41)37-18-7-6-8-19-37/h3,5-35H,4H2,1-2H3/b5-3-,36-17+. The number of fused-ring (bicyclic) bond motifs is 7. The van der Waals surface area contributed by atoms with E-state index in [0.717, 1.165) is 62.6 Å². The van der Waals surface area contributed by atoms with Crippen molar-refractivity contribution in [2.24, 2.45) is 0 Å². The van der Waals surface area contributed by atoms with Crippen LogP contribution in [-0.4, -0.2) is 19.1 Å². The van der Waals surface area contributed by atoms with Gasteiger partial charge in [-0.05, 0) is 96.3 Å². The molecule has 57 heavy (non-hydrogen) atoms. The molecule has 4 heteroatoms. The smallest absolute Gasteiger partial charge is 0.138 e. The van der Waals surface area contributed by atoms with E-state index in [1.54, 1.807) is 0 Å². The largest absolute Gasteiger partial charge is 0.294 e. The summed E-state index contributed by atoms with van der Waals surface area (Å²) in [4.78, 5) is 10.7. The molecule has 0 N–H and O–H groups in total. The van der Waals surface area contributed by atoms with E-state index in [9.17, 15) is 0 Å². The van der Waals surface area contributed by atoms with Crippen LogP contribution >= 0.6 is 0 Å². The Morgan fingerprint density at radius 3 is 1.58 bits per heavy atom. The van der Waals surface area contributed by atoms with Crippen LogP contribution < -0.4 is 0 Å². The first-order valence-corrected chi connectivity index (χ1v) is 19.7. The summed E-state index contributed by atoms with van der Waals surface area (Å²) in [5.74, 6) is 1.77. The minimum Gasteiger partial charge on any atom is -0.294 e. The second-order valence-corrected chi connectivity index (χ2v) is 14.4. The molecule has 0 aliphatic rings. The van der Waals surface area contributed by atoms with Gasteiger partial charge in [-0.25, -0.2) is 9.97 Å². The van der Waals surface area contributed by atoms with Crippen LogP contribution in [0.4, 0.5) is 0 Å². The van der Waals surface area contributed by atoms with Crippen molar-refractivity contribution in [1.29, 1.82) is 0 Å². The molecule has 4 nitrogen and oxygen atoms in total. The van der Waals surface area contributed by atoms with Gasteiger partial charge in [-0.1, -0.05) is 140 Å². The molecule has 0 aliphatic carbocycles. The Bertz CT molecular complexity index is 3180. The summed E-state index contributed by atoms with van der Waals surface area (Å²) >= 11 is 0.